The van der Waals surface area contributed by atoms with E-state index in [2.05, 4.69) is 20.4 Å². The van der Waals surface area contributed by atoms with Crippen LogP contribution in [0.1, 0.15) is 38.7 Å². The average molecular weight is 259 g/mol. The molecule has 2 nitrogen and oxygen atoms in total. The highest BCUT2D eigenvalue weighted by atomic mass is 16.5. The number of hydrogen-bond donors (Lipinski definition) is 1. The van der Waals surface area contributed by atoms with E-state index in [1.54, 1.807) is 0 Å². The monoisotopic (exact) mass is 259 g/mol. The van der Waals surface area contributed by atoms with Crippen LogP contribution < -0.4 is 10.5 Å². The van der Waals surface area contributed by atoms with Gasteiger partial charge in [0.2, 0.25) is 0 Å². The average Bonchev–Trinajstić information content (AvgIpc) is 2.37. The fourth-order valence-corrected chi connectivity index (χ4v) is 2.81. The summed E-state index contributed by atoms with van der Waals surface area (Å²) >= 11 is 0. The molecule has 0 saturated heterocycles. The molecule has 0 aliphatic heterocycles. The van der Waals surface area contributed by atoms with Gasteiger partial charge in [-0.15, -0.1) is 6.58 Å². The standard InChI is InChI=1S/C17H25NO/c1-4-5-14-11-15(18)7-9-17(14)19-16-8-6-12(2)13(3)10-16/h4,7,9,11-13,16H,1,5-6,8,10,18H2,2-3H3. The molecule has 19 heavy (non-hydrogen) atoms. The van der Waals surface area contributed by atoms with Crippen LogP contribution in [0.25, 0.3) is 0 Å². The third-order valence-corrected chi connectivity index (χ3v) is 4.29. The highest BCUT2D eigenvalue weighted by Crippen LogP contribution is 2.33. The van der Waals surface area contributed by atoms with Crippen molar-refractivity contribution in [2.45, 2.75) is 45.6 Å². The Bertz CT molecular complexity index is 441. The molecule has 2 heteroatoms. The molecule has 1 aliphatic carbocycles. The smallest absolute Gasteiger partial charge is 0.123 e. The van der Waals surface area contributed by atoms with E-state index in [4.69, 9.17) is 10.5 Å². The molecule has 1 saturated carbocycles. The molecule has 104 valence electrons. The first-order valence-corrected chi connectivity index (χ1v) is 7.26. The van der Waals surface area contributed by atoms with E-state index >= 15 is 0 Å². The number of nitrogens with two attached hydrogens (primary N) is 1. The van der Waals surface area contributed by atoms with Crippen molar-refractivity contribution in [3.05, 3.63) is 36.4 Å². The number of hydrogen-bond acceptors (Lipinski definition) is 2. The van der Waals surface area contributed by atoms with Gasteiger partial charge in [0.1, 0.15) is 5.75 Å². The van der Waals surface area contributed by atoms with Gasteiger partial charge in [-0.05, 0) is 61.3 Å². The quantitative estimate of drug-likeness (QED) is 0.649. The molecule has 2 rings (SSSR count). The maximum atomic E-state index is 6.21. The maximum absolute atomic E-state index is 6.21. The van der Waals surface area contributed by atoms with Crippen molar-refractivity contribution in [1.29, 1.82) is 0 Å². The lowest BCUT2D eigenvalue weighted by molar-refractivity contribution is 0.0998. The van der Waals surface area contributed by atoms with Crippen LogP contribution in [0.2, 0.25) is 0 Å². The number of rotatable bonds is 4. The van der Waals surface area contributed by atoms with E-state index in [1.165, 1.54) is 6.42 Å². The summed E-state index contributed by atoms with van der Waals surface area (Å²) in [5.41, 5.74) is 7.77. The second kappa shape index (κ2) is 6.14. The topological polar surface area (TPSA) is 35.2 Å². The molecule has 0 amide bonds. The third kappa shape index (κ3) is 3.52. The summed E-state index contributed by atoms with van der Waals surface area (Å²) in [6.45, 7) is 8.47. The van der Waals surface area contributed by atoms with Crippen molar-refractivity contribution >= 4 is 5.69 Å². The van der Waals surface area contributed by atoms with Crippen molar-refractivity contribution in [2.75, 3.05) is 5.73 Å². The summed E-state index contributed by atoms with van der Waals surface area (Å²) in [6, 6.07) is 5.90. The Hall–Kier alpha value is -1.44. The zero-order valence-corrected chi connectivity index (χ0v) is 12.1. The van der Waals surface area contributed by atoms with E-state index in [-0.39, 0.29) is 0 Å². The Balaban J connectivity index is 2.08. The minimum absolute atomic E-state index is 0.346. The van der Waals surface area contributed by atoms with E-state index < -0.39 is 0 Å². The molecule has 1 fully saturated rings. The molecule has 1 aliphatic rings. The number of nitrogen functional groups attached to an aromatic ring is 1. The second-order valence-corrected chi connectivity index (χ2v) is 5.87. The molecule has 0 bridgehead atoms. The van der Waals surface area contributed by atoms with Crippen molar-refractivity contribution in [3.63, 3.8) is 0 Å². The van der Waals surface area contributed by atoms with Gasteiger partial charge >= 0.3 is 0 Å². The molecule has 2 N–H and O–H groups in total. The first-order chi connectivity index (χ1) is 9.10. The Morgan fingerprint density at radius 3 is 2.79 bits per heavy atom. The first-order valence-electron chi connectivity index (χ1n) is 7.26. The normalized spacial score (nSPS) is 26.9. The summed E-state index contributed by atoms with van der Waals surface area (Å²) in [6.07, 6.45) is 6.62. The predicted molar refractivity (Wildman–Crippen MR) is 81.4 cm³/mol. The summed E-state index contributed by atoms with van der Waals surface area (Å²) in [5.74, 6) is 2.54. The number of allylic oxidation sites excluding steroid dienone is 1. The number of benzene rings is 1. The van der Waals surface area contributed by atoms with E-state index in [0.29, 0.717) is 6.10 Å². The van der Waals surface area contributed by atoms with Crippen LogP contribution in [0.5, 0.6) is 5.75 Å². The third-order valence-electron chi connectivity index (χ3n) is 4.29. The zero-order chi connectivity index (χ0) is 13.8. The SMILES string of the molecule is C=CCc1cc(N)ccc1OC1CCC(C)C(C)C1. The Morgan fingerprint density at radius 2 is 2.11 bits per heavy atom. The van der Waals surface area contributed by atoms with Gasteiger partial charge < -0.3 is 10.5 Å². The van der Waals surface area contributed by atoms with Crippen LogP contribution in [0.3, 0.4) is 0 Å². The van der Waals surface area contributed by atoms with E-state index in [0.717, 1.165) is 48.1 Å². The molecular formula is C17H25NO. The highest BCUT2D eigenvalue weighted by molar-refractivity contribution is 5.48. The molecule has 3 unspecified atom stereocenters. The predicted octanol–water partition coefficient (Wildman–Crippen LogP) is 4.20. The maximum Gasteiger partial charge on any atom is 0.123 e. The van der Waals surface area contributed by atoms with Crippen LogP contribution in [-0.2, 0) is 6.42 Å². The molecule has 3 atom stereocenters. The number of anilines is 1. The van der Waals surface area contributed by atoms with Gasteiger partial charge in [0, 0.05) is 5.69 Å². The van der Waals surface area contributed by atoms with Crippen LogP contribution in [0.15, 0.2) is 30.9 Å². The summed E-state index contributed by atoms with van der Waals surface area (Å²) in [4.78, 5) is 0. The minimum atomic E-state index is 0.346. The first kappa shape index (κ1) is 14.0. The second-order valence-electron chi connectivity index (χ2n) is 5.87. The minimum Gasteiger partial charge on any atom is -0.490 e. The molecule has 0 aromatic heterocycles. The van der Waals surface area contributed by atoms with Gasteiger partial charge in [0.15, 0.2) is 0 Å². The van der Waals surface area contributed by atoms with E-state index in [1.807, 2.05) is 24.3 Å². The lowest BCUT2D eigenvalue weighted by Gasteiger charge is -2.32. The van der Waals surface area contributed by atoms with Crippen LogP contribution in [0, 0.1) is 11.8 Å². The number of ether oxygens (including phenoxy) is 1. The van der Waals surface area contributed by atoms with Gasteiger partial charge in [-0.3, -0.25) is 0 Å². The van der Waals surface area contributed by atoms with Gasteiger partial charge in [-0.1, -0.05) is 19.9 Å². The molecule has 1 aromatic carbocycles. The Morgan fingerprint density at radius 1 is 1.32 bits per heavy atom. The van der Waals surface area contributed by atoms with Crippen LogP contribution in [-0.4, -0.2) is 6.10 Å². The van der Waals surface area contributed by atoms with E-state index in [9.17, 15) is 0 Å². The lowest BCUT2D eigenvalue weighted by atomic mass is 9.80. The van der Waals surface area contributed by atoms with Gasteiger partial charge in [-0.2, -0.15) is 0 Å². The van der Waals surface area contributed by atoms with Crippen molar-refractivity contribution in [3.8, 4) is 5.75 Å². The molecular weight excluding hydrogens is 234 g/mol. The van der Waals surface area contributed by atoms with Gasteiger partial charge in [0.25, 0.3) is 0 Å². The molecule has 0 spiro atoms. The molecule has 0 heterocycles. The van der Waals surface area contributed by atoms with Crippen molar-refractivity contribution < 1.29 is 4.74 Å². The van der Waals surface area contributed by atoms with Gasteiger partial charge in [0.05, 0.1) is 6.10 Å². The zero-order valence-electron chi connectivity index (χ0n) is 12.1. The Kier molecular flexibility index (Phi) is 4.52. The van der Waals surface area contributed by atoms with Crippen molar-refractivity contribution in [1.82, 2.24) is 0 Å². The summed E-state index contributed by atoms with van der Waals surface area (Å²) < 4.78 is 6.21. The van der Waals surface area contributed by atoms with Gasteiger partial charge in [-0.25, -0.2) is 0 Å². The highest BCUT2D eigenvalue weighted by Gasteiger charge is 2.26. The fraction of sp³-hybridized carbons (Fsp3) is 0.529. The lowest BCUT2D eigenvalue weighted by Crippen LogP contribution is -2.29. The van der Waals surface area contributed by atoms with Crippen LogP contribution in [0.4, 0.5) is 5.69 Å². The Labute approximate surface area is 116 Å². The largest absolute Gasteiger partial charge is 0.490 e. The summed E-state index contributed by atoms with van der Waals surface area (Å²) in [7, 11) is 0. The summed E-state index contributed by atoms with van der Waals surface area (Å²) in [5, 5.41) is 0. The van der Waals surface area contributed by atoms with Crippen molar-refractivity contribution in [2.24, 2.45) is 11.8 Å². The molecule has 1 aromatic rings. The molecule has 0 radical (unpaired) electrons. The fourth-order valence-electron chi connectivity index (χ4n) is 2.81. The van der Waals surface area contributed by atoms with Crippen LogP contribution >= 0.6 is 0 Å².